The summed E-state index contributed by atoms with van der Waals surface area (Å²) >= 11 is 0. The number of benzene rings is 2. The van der Waals surface area contributed by atoms with Crippen molar-refractivity contribution in [3.05, 3.63) is 71.3 Å². The van der Waals surface area contributed by atoms with Crippen molar-refractivity contribution >= 4 is 23.9 Å². The second-order valence-corrected chi connectivity index (χ2v) is 8.60. The number of hydrogen-bond donors (Lipinski definition) is 1. The number of nitrogens with zero attached hydrogens (tertiary/aromatic N) is 1. The van der Waals surface area contributed by atoms with E-state index in [0.717, 1.165) is 17.0 Å². The van der Waals surface area contributed by atoms with Gasteiger partial charge < -0.3 is 18.9 Å². The maximum atomic E-state index is 15.6. The predicted molar refractivity (Wildman–Crippen MR) is 136 cm³/mol. The van der Waals surface area contributed by atoms with Crippen LogP contribution in [0.1, 0.15) is 51.0 Å². The van der Waals surface area contributed by atoms with E-state index >= 15 is 8.78 Å². The van der Waals surface area contributed by atoms with Gasteiger partial charge in [-0.1, -0.05) is 36.4 Å². The van der Waals surface area contributed by atoms with E-state index in [1.54, 1.807) is 0 Å². The number of carbonyl (C=O) groups is 4. The molecule has 12 heteroatoms. The van der Waals surface area contributed by atoms with Gasteiger partial charge >= 0.3 is 23.9 Å². The molecule has 0 radical (unpaired) electrons. The number of ether oxygens (including phenoxy) is 4. The molecular formula is C28H32F2N2O8. The number of esters is 4. The van der Waals surface area contributed by atoms with Crippen LogP contribution in [0.2, 0.25) is 0 Å². The minimum atomic E-state index is -2.56. The molecule has 3 rings (SSSR count). The lowest BCUT2D eigenvalue weighted by molar-refractivity contribution is -0.172. The van der Waals surface area contributed by atoms with Crippen LogP contribution in [0.3, 0.4) is 0 Å². The Kier molecular flexibility index (Phi) is 10.3. The van der Waals surface area contributed by atoms with Crippen LogP contribution in [0.15, 0.2) is 48.5 Å². The molecule has 0 unspecified atom stereocenters. The van der Waals surface area contributed by atoms with Crippen LogP contribution in [0.4, 0.5) is 8.78 Å². The highest BCUT2D eigenvalue weighted by atomic mass is 19.1. The predicted octanol–water partition coefficient (Wildman–Crippen LogP) is 2.97. The molecule has 1 heterocycles. The third kappa shape index (κ3) is 5.68. The Morgan fingerprint density at radius 3 is 1.60 bits per heavy atom. The second-order valence-electron chi connectivity index (χ2n) is 8.60. The number of hydrogen-bond acceptors (Lipinski definition) is 10. The molecule has 40 heavy (non-hydrogen) atoms. The van der Waals surface area contributed by atoms with E-state index < -0.39 is 59.3 Å². The van der Waals surface area contributed by atoms with E-state index in [0.29, 0.717) is 0 Å². The number of nitrogens with one attached hydrogen (secondary N) is 1. The van der Waals surface area contributed by atoms with Crippen molar-refractivity contribution in [2.75, 3.05) is 26.4 Å². The summed E-state index contributed by atoms with van der Waals surface area (Å²) in [5.74, 6) is -6.28. The first-order valence-corrected chi connectivity index (χ1v) is 12.9. The van der Waals surface area contributed by atoms with Gasteiger partial charge in [-0.2, -0.15) is 0 Å². The van der Waals surface area contributed by atoms with E-state index in [9.17, 15) is 19.2 Å². The standard InChI is InChI=1S/C28H32F2N2O8/c1-5-37-24(33)21(25(34)38-6-2)32-22(17-13-9-11-15-19(17)29)28(26(35)39-7-3,27(36)40-8-4)31-23(32)18-14-10-12-16-20(18)30/h9-16,21-23,31H,5-8H2,1-4H3/t22-,23+/m1/s1. The van der Waals surface area contributed by atoms with Crippen LogP contribution in [0, 0.1) is 11.6 Å². The van der Waals surface area contributed by atoms with Crippen LogP contribution in [0.25, 0.3) is 0 Å². The number of rotatable bonds is 11. The van der Waals surface area contributed by atoms with Crippen molar-refractivity contribution in [3.63, 3.8) is 0 Å². The maximum absolute atomic E-state index is 15.6. The van der Waals surface area contributed by atoms with Crippen molar-refractivity contribution in [1.82, 2.24) is 10.2 Å². The Hall–Kier alpha value is -3.90. The van der Waals surface area contributed by atoms with Crippen molar-refractivity contribution in [1.29, 1.82) is 0 Å². The Bertz CT molecular complexity index is 1200. The van der Waals surface area contributed by atoms with Gasteiger partial charge in [-0.15, -0.1) is 0 Å². The average molecular weight is 563 g/mol. The fourth-order valence-corrected chi connectivity index (χ4v) is 4.76. The lowest BCUT2D eigenvalue weighted by Crippen LogP contribution is -2.60. The molecule has 1 N–H and O–H groups in total. The van der Waals surface area contributed by atoms with Crippen LogP contribution < -0.4 is 5.32 Å². The number of carbonyl (C=O) groups excluding carboxylic acids is 4. The van der Waals surface area contributed by atoms with E-state index in [-0.39, 0.29) is 37.6 Å². The Labute approximate surface area is 230 Å². The highest BCUT2D eigenvalue weighted by Crippen LogP contribution is 2.48. The molecule has 1 aliphatic heterocycles. The van der Waals surface area contributed by atoms with Gasteiger partial charge in [-0.3, -0.25) is 10.2 Å². The molecule has 0 aliphatic carbocycles. The average Bonchev–Trinajstić information content (AvgIpc) is 3.26. The third-order valence-corrected chi connectivity index (χ3v) is 6.28. The fraction of sp³-hybridized carbons (Fsp3) is 0.429. The minimum Gasteiger partial charge on any atom is -0.464 e. The quantitative estimate of drug-likeness (QED) is 0.249. The monoisotopic (exact) mass is 562 g/mol. The van der Waals surface area contributed by atoms with Gasteiger partial charge in [0.25, 0.3) is 0 Å². The molecule has 0 bridgehead atoms. The van der Waals surface area contributed by atoms with E-state index in [1.165, 1.54) is 64.1 Å². The topological polar surface area (TPSA) is 120 Å². The lowest BCUT2D eigenvalue weighted by atomic mass is 9.84. The molecule has 216 valence electrons. The fourth-order valence-electron chi connectivity index (χ4n) is 4.76. The molecular weight excluding hydrogens is 530 g/mol. The molecule has 1 fully saturated rings. The van der Waals surface area contributed by atoms with Gasteiger partial charge in [0.15, 0.2) is 0 Å². The molecule has 2 aromatic carbocycles. The van der Waals surface area contributed by atoms with E-state index in [1.807, 2.05) is 0 Å². The van der Waals surface area contributed by atoms with Gasteiger partial charge in [0, 0.05) is 11.1 Å². The Morgan fingerprint density at radius 2 is 1.18 bits per heavy atom. The van der Waals surface area contributed by atoms with Crippen LogP contribution in [0.5, 0.6) is 0 Å². The van der Waals surface area contributed by atoms with Gasteiger partial charge in [-0.25, -0.2) is 28.0 Å². The third-order valence-electron chi connectivity index (χ3n) is 6.28. The first kappa shape index (κ1) is 30.6. The van der Waals surface area contributed by atoms with Crippen molar-refractivity contribution in [2.24, 2.45) is 0 Å². The smallest absolute Gasteiger partial charge is 0.340 e. The van der Waals surface area contributed by atoms with Crippen LogP contribution in [-0.4, -0.2) is 66.8 Å². The van der Waals surface area contributed by atoms with Gasteiger partial charge in [-0.05, 0) is 39.8 Å². The molecule has 0 spiro atoms. The SMILES string of the molecule is CCOC(=O)C(C(=O)OCC)N1[C@@H](c2ccccc2F)NC(C(=O)OCC)(C(=O)OCC)[C@H]1c1ccccc1F. The largest absolute Gasteiger partial charge is 0.464 e. The first-order valence-electron chi connectivity index (χ1n) is 12.9. The molecule has 0 saturated carbocycles. The van der Waals surface area contributed by atoms with Gasteiger partial charge in [0.2, 0.25) is 11.6 Å². The zero-order valence-corrected chi connectivity index (χ0v) is 22.6. The summed E-state index contributed by atoms with van der Waals surface area (Å²) in [6, 6.07) is 6.78. The summed E-state index contributed by atoms with van der Waals surface area (Å²) < 4.78 is 51.8. The van der Waals surface area contributed by atoms with Gasteiger partial charge in [0.05, 0.1) is 38.6 Å². The van der Waals surface area contributed by atoms with Crippen molar-refractivity contribution in [3.8, 4) is 0 Å². The van der Waals surface area contributed by atoms with Crippen LogP contribution in [-0.2, 0) is 38.1 Å². The van der Waals surface area contributed by atoms with E-state index in [2.05, 4.69) is 5.32 Å². The summed E-state index contributed by atoms with van der Waals surface area (Å²) in [7, 11) is 0. The zero-order chi connectivity index (χ0) is 29.4. The minimum absolute atomic E-state index is 0.147. The molecule has 0 aromatic heterocycles. The Balaban J connectivity index is 2.47. The second kappa shape index (κ2) is 13.4. The molecule has 2 aromatic rings. The molecule has 10 nitrogen and oxygen atoms in total. The summed E-state index contributed by atoms with van der Waals surface area (Å²) in [5, 5.41) is 2.79. The Morgan fingerprint density at radius 1 is 0.750 bits per heavy atom. The summed E-state index contributed by atoms with van der Waals surface area (Å²) in [5.41, 5.74) is -2.98. The molecule has 1 saturated heterocycles. The number of halogens is 2. The normalized spacial score (nSPS) is 18.3. The lowest BCUT2D eigenvalue weighted by Gasteiger charge is -2.36. The summed E-state index contributed by atoms with van der Waals surface area (Å²) in [4.78, 5) is 55.2. The van der Waals surface area contributed by atoms with Crippen molar-refractivity contribution in [2.45, 2.75) is 51.5 Å². The van der Waals surface area contributed by atoms with Crippen molar-refractivity contribution < 1.29 is 46.9 Å². The molecule has 2 atom stereocenters. The summed E-state index contributed by atoms with van der Waals surface area (Å²) in [6.07, 6.45) is -1.54. The molecule has 0 amide bonds. The highest BCUT2D eigenvalue weighted by Gasteiger charge is 2.68. The first-order chi connectivity index (χ1) is 19.2. The maximum Gasteiger partial charge on any atom is 0.340 e. The molecule has 1 aliphatic rings. The van der Waals surface area contributed by atoms with Crippen LogP contribution >= 0.6 is 0 Å². The zero-order valence-electron chi connectivity index (χ0n) is 22.6. The van der Waals surface area contributed by atoms with E-state index in [4.69, 9.17) is 18.9 Å². The summed E-state index contributed by atoms with van der Waals surface area (Å²) in [6.45, 7) is 5.34. The van der Waals surface area contributed by atoms with Gasteiger partial charge in [0.1, 0.15) is 11.6 Å². The highest BCUT2D eigenvalue weighted by molar-refractivity contribution is 6.07.